The normalized spacial score (nSPS) is 16.4. The first-order valence-electron chi connectivity index (χ1n) is 6.32. The Morgan fingerprint density at radius 1 is 1.36 bits per heavy atom. The predicted molar refractivity (Wildman–Crippen MR) is 86.5 cm³/mol. The molecule has 1 saturated heterocycles. The third kappa shape index (κ3) is 4.06. The smallest absolute Gasteiger partial charge is 0.341 e. The van der Waals surface area contributed by atoms with Crippen molar-refractivity contribution in [3.63, 3.8) is 0 Å². The number of nitrogens with zero attached hydrogens (tertiary/aromatic N) is 1. The molecule has 1 aliphatic rings. The number of amides is 1. The second kappa shape index (κ2) is 7.39. The number of benzene rings is 1. The fraction of sp³-hybridized carbons (Fsp3) is 0.214. The summed E-state index contributed by atoms with van der Waals surface area (Å²) in [6.45, 7) is -0.363. The zero-order chi connectivity index (χ0) is 16.1. The van der Waals surface area contributed by atoms with Crippen LogP contribution in [0, 0.1) is 0 Å². The van der Waals surface area contributed by atoms with E-state index in [9.17, 15) is 9.59 Å². The van der Waals surface area contributed by atoms with Gasteiger partial charge in [0, 0.05) is 0 Å². The van der Waals surface area contributed by atoms with Crippen LogP contribution in [0.4, 0.5) is 0 Å². The van der Waals surface area contributed by atoms with E-state index < -0.39 is 12.6 Å². The molecule has 1 amide bonds. The molecule has 0 spiro atoms. The number of aliphatic hydroxyl groups excluding tert-OH is 1. The van der Waals surface area contributed by atoms with Crippen molar-refractivity contribution in [1.82, 2.24) is 4.90 Å². The van der Waals surface area contributed by atoms with Crippen molar-refractivity contribution in [2.45, 2.75) is 0 Å². The van der Waals surface area contributed by atoms with Crippen molar-refractivity contribution in [2.24, 2.45) is 0 Å². The number of carbonyl (C=O) groups is 2. The monoisotopic (exact) mass is 339 g/mol. The van der Waals surface area contributed by atoms with Gasteiger partial charge in [-0.2, -0.15) is 0 Å². The lowest BCUT2D eigenvalue weighted by Crippen LogP contribution is -2.30. The van der Waals surface area contributed by atoms with Gasteiger partial charge in [-0.25, -0.2) is 4.79 Å². The molecule has 0 saturated carbocycles. The lowest BCUT2D eigenvalue weighted by atomic mass is 10.2. The van der Waals surface area contributed by atoms with Crippen molar-refractivity contribution in [3.05, 3.63) is 34.7 Å². The third-order valence-electron chi connectivity index (χ3n) is 2.74. The van der Waals surface area contributed by atoms with Gasteiger partial charge < -0.3 is 14.9 Å². The quantitative estimate of drug-likeness (QED) is 0.597. The van der Waals surface area contributed by atoms with Crippen molar-refractivity contribution in [2.75, 3.05) is 19.8 Å². The Morgan fingerprint density at radius 2 is 2.05 bits per heavy atom. The van der Waals surface area contributed by atoms with Crippen LogP contribution in [-0.4, -0.2) is 51.1 Å². The highest BCUT2D eigenvalue weighted by molar-refractivity contribution is 8.26. The fourth-order valence-corrected chi connectivity index (χ4v) is 3.06. The van der Waals surface area contributed by atoms with Gasteiger partial charge in [-0.1, -0.05) is 36.1 Å². The summed E-state index contributed by atoms with van der Waals surface area (Å²) >= 11 is 6.28. The predicted octanol–water partition coefficient (Wildman–Crippen LogP) is 1.34. The number of hydrogen-bond acceptors (Lipinski definition) is 6. The summed E-state index contributed by atoms with van der Waals surface area (Å²) in [6.07, 6.45) is 1.69. The van der Waals surface area contributed by atoms with Crippen LogP contribution >= 0.6 is 24.0 Å². The number of carboxylic acids is 1. The number of ether oxygens (including phenoxy) is 1. The molecule has 1 fully saturated rings. The van der Waals surface area contributed by atoms with Gasteiger partial charge in [0.1, 0.15) is 10.1 Å². The summed E-state index contributed by atoms with van der Waals surface area (Å²) in [5.41, 5.74) is 0.771. The first kappa shape index (κ1) is 16.5. The molecule has 1 aromatic carbocycles. The summed E-state index contributed by atoms with van der Waals surface area (Å²) in [7, 11) is 0. The van der Waals surface area contributed by atoms with E-state index in [1.54, 1.807) is 30.3 Å². The maximum absolute atomic E-state index is 12.1. The molecule has 1 aromatic rings. The molecule has 0 aromatic heterocycles. The topological polar surface area (TPSA) is 87.1 Å². The van der Waals surface area contributed by atoms with Crippen molar-refractivity contribution in [1.29, 1.82) is 0 Å². The standard InChI is InChI=1S/C14H13NO5S2/c16-6-5-15-13(19)11(22-14(15)21)7-9-1-3-10(4-2-9)20-8-12(17)18/h1-4,7,16H,5-6,8H2,(H,17,18)/b11-7-. The molecular weight excluding hydrogens is 326 g/mol. The molecule has 22 heavy (non-hydrogen) atoms. The average Bonchev–Trinajstić information content (AvgIpc) is 2.74. The number of hydrogen-bond donors (Lipinski definition) is 2. The van der Waals surface area contributed by atoms with Gasteiger partial charge in [0.2, 0.25) is 0 Å². The minimum atomic E-state index is -1.04. The van der Waals surface area contributed by atoms with Crippen LogP contribution < -0.4 is 4.74 Å². The van der Waals surface area contributed by atoms with Crippen molar-refractivity contribution < 1.29 is 24.5 Å². The Hall–Kier alpha value is -1.90. The number of thiocarbonyl (C=S) groups is 1. The highest BCUT2D eigenvalue weighted by Gasteiger charge is 2.31. The maximum atomic E-state index is 12.1. The molecular formula is C14H13NO5S2. The molecule has 0 atom stereocenters. The third-order valence-corrected chi connectivity index (χ3v) is 4.12. The average molecular weight is 339 g/mol. The zero-order valence-electron chi connectivity index (χ0n) is 11.4. The zero-order valence-corrected chi connectivity index (χ0v) is 13.0. The molecule has 116 valence electrons. The van der Waals surface area contributed by atoms with Gasteiger partial charge in [0.25, 0.3) is 5.91 Å². The van der Waals surface area contributed by atoms with Gasteiger partial charge in [0.15, 0.2) is 6.61 Å². The number of β-amino-alcohol motifs (C(OH)–C–C–N with tert-alkyl or cyclic N) is 1. The van der Waals surface area contributed by atoms with Crippen LogP contribution in [0.1, 0.15) is 5.56 Å². The van der Waals surface area contributed by atoms with Crippen molar-refractivity contribution >= 4 is 46.3 Å². The van der Waals surface area contributed by atoms with Crippen LogP contribution in [0.5, 0.6) is 5.75 Å². The summed E-state index contributed by atoms with van der Waals surface area (Å²) in [6, 6.07) is 6.69. The first-order chi connectivity index (χ1) is 10.5. The molecule has 2 N–H and O–H groups in total. The van der Waals surface area contributed by atoms with Crippen LogP contribution in [-0.2, 0) is 9.59 Å². The van der Waals surface area contributed by atoms with Gasteiger partial charge in [-0.15, -0.1) is 0 Å². The molecule has 0 unspecified atom stereocenters. The SMILES string of the molecule is O=C(O)COc1ccc(/C=C2\SC(=S)N(CCO)C2=O)cc1. The molecule has 0 aliphatic carbocycles. The number of aliphatic hydroxyl groups is 1. The summed E-state index contributed by atoms with van der Waals surface area (Å²) < 4.78 is 5.45. The van der Waals surface area contributed by atoms with Gasteiger partial charge in [-0.05, 0) is 23.8 Å². The van der Waals surface area contributed by atoms with Gasteiger partial charge in [-0.3, -0.25) is 9.69 Å². The van der Waals surface area contributed by atoms with E-state index in [1.807, 2.05) is 0 Å². The minimum absolute atomic E-state index is 0.144. The summed E-state index contributed by atoms with van der Waals surface area (Å²) in [5.74, 6) is -0.834. The summed E-state index contributed by atoms with van der Waals surface area (Å²) in [4.78, 5) is 24.4. The second-order valence-corrected chi connectivity index (χ2v) is 5.98. The largest absolute Gasteiger partial charge is 0.482 e. The lowest BCUT2D eigenvalue weighted by Gasteiger charge is -2.11. The number of rotatable bonds is 6. The van der Waals surface area contributed by atoms with Crippen molar-refractivity contribution in [3.8, 4) is 5.75 Å². The molecule has 0 bridgehead atoms. The number of thioether (sulfide) groups is 1. The van der Waals surface area contributed by atoms with Gasteiger partial charge >= 0.3 is 5.97 Å². The van der Waals surface area contributed by atoms with Gasteiger partial charge in [0.05, 0.1) is 18.1 Å². The molecule has 1 aliphatic heterocycles. The number of carboxylic acid groups (broad SMARTS) is 1. The van der Waals surface area contributed by atoms with E-state index in [2.05, 4.69) is 0 Å². The number of carbonyl (C=O) groups excluding carboxylic acids is 1. The summed E-state index contributed by atoms with van der Waals surface area (Å²) in [5, 5.41) is 17.5. The minimum Gasteiger partial charge on any atom is -0.482 e. The molecule has 0 radical (unpaired) electrons. The number of aliphatic carboxylic acids is 1. The Labute approximate surface area is 136 Å². The van der Waals surface area contributed by atoms with E-state index in [4.69, 9.17) is 27.2 Å². The Kier molecular flexibility index (Phi) is 5.53. The van der Waals surface area contributed by atoms with Crippen LogP contribution in [0.2, 0.25) is 0 Å². The second-order valence-electron chi connectivity index (χ2n) is 4.31. The molecule has 6 nitrogen and oxygen atoms in total. The van der Waals surface area contributed by atoms with Crippen LogP contribution in [0.25, 0.3) is 6.08 Å². The highest BCUT2D eigenvalue weighted by Crippen LogP contribution is 2.32. The van der Waals surface area contributed by atoms with E-state index in [1.165, 1.54) is 16.7 Å². The Morgan fingerprint density at radius 3 is 2.64 bits per heavy atom. The molecule has 2 rings (SSSR count). The van der Waals surface area contributed by atoms with E-state index in [0.717, 1.165) is 5.56 Å². The first-order valence-corrected chi connectivity index (χ1v) is 7.54. The maximum Gasteiger partial charge on any atom is 0.341 e. The van der Waals surface area contributed by atoms with Crippen LogP contribution in [0.3, 0.4) is 0 Å². The Balaban J connectivity index is 2.08. The van der Waals surface area contributed by atoms with E-state index >= 15 is 0 Å². The molecule has 1 heterocycles. The molecule has 8 heteroatoms. The fourth-order valence-electron chi connectivity index (χ4n) is 1.75. The van der Waals surface area contributed by atoms with E-state index in [0.29, 0.717) is 15.0 Å². The lowest BCUT2D eigenvalue weighted by molar-refractivity contribution is -0.139. The Bertz CT molecular complexity index is 627. The van der Waals surface area contributed by atoms with Crippen LogP contribution in [0.15, 0.2) is 29.2 Å². The van der Waals surface area contributed by atoms with E-state index in [-0.39, 0.29) is 19.1 Å². The highest BCUT2D eigenvalue weighted by atomic mass is 32.2.